The molecule has 6 heteroatoms. The zero-order valence-corrected chi connectivity index (χ0v) is 11.8. The van der Waals surface area contributed by atoms with Gasteiger partial charge in [-0.25, -0.2) is 0 Å². The fraction of sp³-hybridized carbons (Fsp3) is 0.846. The molecule has 6 nitrogen and oxygen atoms in total. The van der Waals surface area contributed by atoms with E-state index in [2.05, 4.69) is 0 Å². The molecule has 1 saturated heterocycles. The maximum atomic E-state index is 12.0. The molecule has 110 valence electrons. The minimum Gasteiger partial charge on any atom is -0.480 e. The first-order valence-electron chi connectivity index (χ1n) is 6.77. The summed E-state index contributed by atoms with van der Waals surface area (Å²) in [5.74, 6) is -0.672. The van der Waals surface area contributed by atoms with Crippen LogP contribution < -0.4 is 0 Å². The van der Waals surface area contributed by atoms with E-state index in [1.165, 1.54) is 0 Å². The number of rotatable bonds is 6. The average Bonchev–Trinajstić information content (AvgIpc) is 2.60. The van der Waals surface area contributed by atoms with Crippen LogP contribution in [0.4, 0.5) is 0 Å². The van der Waals surface area contributed by atoms with Crippen LogP contribution in [0.15, 0.2) is 0 Å². The molecule has 1 heterocycles. The Morgan fingerprint density at radius 1 is 1.26 bits per heavy atom. The van der Waals surface area contributed by atoms with Crippen LogP contribution in [0.2, 0.25) is 0 Å². The molecular formula is C13H24N2O4. The lowest BCUT2D eigenvalue weighted by Crippen LogP contribution is -2.36. The van der Waals surface area contributed by atoms with Crippen LogP contribution in [0.1, 0.15) is 26.2 Å². The predicted molar refractivity (Wildman–Crippen MR) is 71.0 cm³/mol. The number of carboxylic acids is 1. The van der Waals surface area contributed by atoms with Gasteiger partial charge in [0.15, 0.2) is 0 Å². The largest absolute Gasteiger partial charge is 0.480 e. The normalized spacial score (nSPS) is 18.9. The molecule has 0 bridgehead atoms. The Morgan fingerprint density at radius 2 is 2.00 bits per heavy atom. The first kappa shape index (κ1) is 15.9. The van der Waals surface area contributed by atoms with Crippen LogP contribution in [0.25, 0.3) is 0 Å². The van der Waals surface area contributed by atoms with Crippen molar-refractivity contribution in [1.82, 2.24) is 9.80 Å². The van der Waals surface area contributed by atoms with E-state index in [4.69, 9.17) is 9.84 Å². The Hall–Kier alpha value is -1.14. The van der Waals surface area contributed by atoms with Crippen LogP contribution in [-0.2, 0) is 14.3 Å². The molecule has 0 aliphatic carbocycles. The van der Waals surface area contributed by atoms with Crippen molar-refractivity contribution < 1.29 is 19.4 Å². The Kier molecular flexibility index (Phi) is 6.80. The van der Waals surface area contributed by atoms with Crippen LogP contribution in [-0.4, -0.2) is 72.7 Å². The lowest BCUT2D eigenvalue weighted by atomic mass is 10.2. The smallest absolute Gasteiger partial charge is 0.317 e. The Morgan fingerprint density at radius 3 is 2.63 bits per heavy atom. The van der Waals surface area contributed by atoms with Crippen molar-refractivity contribution in [2.45, 2.75) is 32.3 Å². The molecule has 1 aliphatic heterocycles. The molecule has 0 saturated carbocycles. The molecule has 19 heavy (non-hydrogen) atoms. The lowest BCUT2D eigenvalue weighted by Gasteiger charge is -2.21. The van der Waals surface area contributed by atoms with Gasteiger partial charge in [-0.05, 0) is 19.8 Å². The van der Waals surface area contributed by atoms with Crippen LogP contribution in [0.3, 0.4) is 0 Å². The second-order valence-electron chi connectivity index (χ2n) is 4.99. The first-order valence-corrected chi connectivity index (χ1v) is 6.77. The summed E-state index contributed by atoms with van der Waals surface area (Å²) >= 11 is 0. The van der Waals surface area contributed by atoms with Crippen molar-refractivity contribution in [2.24, 2.45) is 0 Å². The summed E-state index contributed by atoms with van der Waals surface area (Å²) in [4.78, 5) is 26.4. The highest BCUT2D eigenvalue weighted by Gasteiger charge is 2.20. The maximum Gasteiger partial charge on any atom is 0.317 e. The van der Waals surface area contributed by atoms with E-state index in [0.717, 1.165) is 25.9 Å². The molecule has 1 rings (SSSR count). The van der Waals surface area contributed by atoms with Crippen molar-refractivity contribution in [1.29, 1.82) is 0 Å². The van der Waals surface area contributed by atoms with E-state index in [1.54, 1.807) is 7.11 Å². The molecular weight excluding hydrogens is 248 g/mol. The van der Waals surface area contributed by atoms with Crippen molar-refractivity contribution in [2.75, 3.05) is 39.8 Å². The van der Waals surface area contributed by atoms with Gasteiger partial charge in [-0.2, -0.15) is 0 Å². The van der Waals surface area contributed by atoms with Crippen molar-refractivity contribution >= 4 is 11.9 Å². The van der Waals surface area contributed by atoms with Gasteiger partial charge in [-0.1, -0.05) is 0 Å². The Balaban J connectivity index is 2.35. The van der Waals surface area contributed by atoms with E-state index >= 15 is 0 Å². The number of ether oxygens (including phenoxy) is 1. The molecule has 1 N–H and O–H groups in total. The SMILES string of the molecule is COC(C)CCC(=O)N1CCCN(CC(=O)O)CC1. The van der Waals surface area contributed by atoms with E-state index in [0.29, 0.717) is 19.5 Å². The number of nitrogens with zero attached hydrogens (tertiary/aromatic N) is 2. The van der Waals surface area contributed by atoms with Gasteiger partial charge in [0, 0.05) is 39.7 Å². The molecule has 0 aromatic rings. The highest BCUT2D eigenvalue weighted by Crippen LogP contribution is 2.08. The predicted octanol–water partition coefficient (Wildman–Crippen LogP) is 0.420. The first-order chi connectivity index (χ1) is 9.02. The number of methoxy groups -OCH3 is 1. The van der Waals surface area contributed by atoms with Gasteiger partial charge in [0.1, 0.15) is 0 Å². The average molecular weight is 272 g/mol. The van der Waals surface area contributed by atoms with Gasteiger partial charge in [0.05, 0.1) is 12.6 Å². The fourth-order valence-electron chi connectivity index (χ4n) is 2.17. The topological polar surface area (TPSA) is 70.1 Å². The highest BCUT2D eigenvalue weighted by atomic mass is 16.5. The van der Waals surface area contributed by atoms with Crippen molar-refractivity contribution in [3.63, 3.8) is 0 Å². The summed E-state index contributed by atoms with van der Waals surface area (Å²) in [6.45, 7) is 4.72. The molecule has 1 aliphatic rings. The molecule has 1 unspecified atom stereocenters. The molecule has 1 atom stereocenters. The molecule has 0 radical (unpaired) electrons. The van der Waals surface area contributed by atoms with Gasteiger partial charge >= 0.3 is 5.97 Å². The van der Waals surface area contributed by atoms with Gasteiger partial charge in [-0.15, -0.1) is 0 Å². The van der Waals surface area contributed by atoms with Gasteiger partial charge in [-0.3, -0.25) is 14.5 Å². The summed E-state index contributed by atoms with van der Waals surface area (Å²) in [6.07, 6.45) is 2.15. The zero-order valence-electron chi connectivity index (χ0n) is 11.8. The van der Waals surface area contributed by atoms with Gasteiger partial charge in [0.2, 0.25) is 5.91 Å². The third-order valence-corrected chi connectivity index (χ3v) is 3.47. The third-order valence-electron chi connectivity index (χ3n) is 3.47. The summed E-state index contributed by atoms with van der Waals surface area (Å²) in [5, 5.41) is 8.77. The Bertz CT molecular complexity index is 309. The fourth-order valence-corrected chi connectivity index (χ4v) is 2.17. The van der Waals surface area contributed by atoms with Crippen LogP contribution in [0.5, 0.6) is 0 Å². The van der Waals surface area contributed by atoms with E-state index in [1.807, 2.05) is 16.7 Å². The lowest BCUT2D eigenvalue weighted by molar-refractivity contribution is -0.138. The van der Waals surface area contributed by atoms with E-state index in [9.17, 15) is 9.59 Å². The quantitative estimate of drug-likeness (QED) is 0.759. The van der Waals surface area contributed by atoms with Crippen LogP contribution in [0, 0.1) is 0 Å². The maximum absolute atomic E-state index is 12.0. The standard InChI is InChI=1S/C13H24N2O4/c1-11(19-2)4-5-12(16)15-7-3-6-14(8-9-15)10-13(17)18/h11H,3-10H2,1-2H3,(H,17,18). The second-order valence-corrected chi connectivity index (χ2v) is 4.99. The second kappa shape index (κ2) is 8.12. The number of carbonyl (C=O) groups excluding carboxylic acids is 1. The number of hydrogen-bond acceptors (Lipinski definition) is 4. The van der Waals surface area contributed by atoms with E-state index in [-0.39, 0.29) is 18.6 Å². The van der Waals surface area contributed by atoms with Crippen molar-refractivity contribution in [3.8, 4) is 0 Å². The van der Waals surface area contributed by atoms with Gasteiger partial charge in [0.25, 0.3) is 0 Å². The number of carboxylic acid groups (broad SMARTS) is 1. The number of amides is 1. The number of aliphatic carboxylic acids is 1. The summed E-state index contributed by atoms with van der Waals surface area (Å²) in [7, 11) is 1.64. The molecule has 1 amide bonds. The monoisotopic (exact) mass is 272 g/mol. The van der Waals surface area contributed by atoms with E-state index < -0.39 is 5.97 Å². The number of carbonyl (C=O) groups is 2. The van der Waals surface area contributed by atoms with Gasteiger partial charge < -0.3 is 14.7 Å². The Labute approximate surface area is 114 Å². The van der Waals surface area contributed by atoms with Crippen LogP contribution >= 0.6 is 0 Å². The summed E-state index contributed by atoms with van der Waals surface area (Å²) < 4.78 is 5.13. The molecule has 0 aromatic carbocycles. The minimum absolute atomic E-state index is 0.0583. The third kappa shape index (κ3) is 6.02. The molecule has 1 fully saturated rings. The highest BCUT2D eigenvalue weighted by molar-refractivity contribution is 5.76. The molecule has 0 aromatic heterocycles. The van der Waals surface area contributed by atoms with Crippen molar-refractivity contribution in [3.05, 3.63) is 0 Å². The minimum atomic E-state index is -0.811. The zero-order chi connectivity index (χ0) is 14.3. The molecule has 0 spiro atoms. The summed E-state index contributed by atoms with van der Waals surface area (Å²) in [6, 6.07) is 0. The number of hydrogen-bond donors (Lipinski definition) is 1. The summed E-state index contributed by atoms with van der Waals surface area (Å²) in [5.41, 5.74) is 0.